The van der Waals surface area contributed by atoms with Crippen molar-refractivity contribution in [2.45, 2.75) is 13.0 Å². The molecule has 0 aliphatic carbocycles. The van der Waals surface area contributed by atoms with Gasteiger partial charge in [-0.1, -0.05) is 30.3 Å². The molecule has 0 radical (unpaired) electrons. The molecule has 1 aromatic heterocycles. The Morgan fingerprint density at radius 1 is 1.12 bits per heavy atom. The van der Waals surface area contributed by atoms with Crippen LogP contribution in [-0.4, -0.2) is 29.4 Å². The van der Waals surface area contributed by atoms with Crippen LogP contribution < -0.4 is 16.2 Å². The van der Waals surface area contributed by atoms with Crippen LogP contribution in [0.25, 0.3) is 0 Å². The highest BCUT2D eigenvalue weighted by molar-refractivity contribution is 5.99. The van der Waals surface area contributed by atoms with E-state index in [4.69, 9.17) is 4.74 Å². The fourth-order valence-electron chi connectivity index (χ4n) is 2.04. The number of urea groups is 1. The maximum atomic E-state index is 12.3. The average molecular weight is 343 g/mol. The van der Waals surface area contributed by atoms with Crippen molar-refractivity contribution in [3.05, 3.63) is 70.1 Å². The van der Waals surface area contributed by atoms with Gasteiger partial charge in [-0.05, 0) is 19.1 Å². The Kier molecular flexibility index (Phi) is 6.05. The molecule has 3 N–H and O–H groups in total. The van der Waals surface area contributed by atoms with Gasteiger partial charge >= 0.3 is 12.0 Å². The summed E-state index contributed by atoms with van der Waals surface area (Å²) in [5, 5.41) is 4.51. The number of H-pyrrole nitrogens is 1. The second-order valence-corrected chi connectivity index (χ2v) is 4.96. The number of hydrogen-bond acceptors (Lipinski definition) is 5. The molecule has 0 aliphatic heterocycles. The summed E-state index contributed by atoms with van der Waals surface area (Å²) in [6.07, 6.45) is -0.00816. The summed E-state index contributed by atoms with van der Waals surface area (Å²) >= 11 is 0. The number of nitrogens with one attached hydrogen (secondary N) is 3. The summed E-state index contributed by atoms with van der Waals surface area (Å²) in [7, 11) is 0. The summed E-state index contributed by atoms with van der Waals surface area (Å²) in [6, 6.07) is 10.2. The maximum Gasteiger partial charge on any atom is 0.344 e. The minimum Gasteiger partial charge on any atom is -0.444 e. The van der Waals surface area contributed by atoms with E-state index in [9.17, 15) is 19.2 Å². The molecule has 0 aliphatic rings. The van der Waals surface area contributed by atoms with Crippen molar-refractivity contribution < 1.29 is 19.1 Å². The third kappa shape index (κ3) is 4.77. The van der Waals surface area contributed by atoms with Gasteiger partial charge in [-0.2, -0.15) is 0 Å². The SMILES string of the molecule is CCNC(=O)NC(=O)[C@@H](OC(=O)c1ccc[nH]c1=O)c1ccccc1. The first-order chi connectivity index (χ1) is 12.0. The smallest absolute Gasteiger partial charge is 0.344 e. The number of pyridine rings is 1. The molecule has 130 valence electrons. The van der Waals surface area contributed by atoms with Crippen LogP contribution in [0.5, 0.6) is 0 Å². The van der Waals surface area contributed by atoms with Gasteiger partial charge in [-0.25, -0.2) is 9.59 Å². The topological polar surface area (TPSA) is 117 Å². The molecule has 0 bridgehead atoms. The summed E-state index contributed by atoms with van der Waals surface area (Å²) in [5.41, 5.74) is -0.511. The van der Waals surface area contributed by atoms with E-state index in [1.165, 1.54) is 18.3 Å². The van der Waals surface area contributed by atoms with Gasteiger partial charge in [0.1, 0.15) is 5.56 Å². The van der Waals surface area contributed by atoms with Crippen molar-refractivity contribution in [2.75, 3.05) is 6.54 Å². The van der Waals surface area contributed by atoms with Crippen molar-refractivity contribution in [1.82, 2.24) is 15.6 Å². The molecular formula is C17H17N3O5. The molecule has 8 heteroatoms. The Bertz CT molecular complexity index is 816. The zero-order valence-corrected chi connectivity index (χ0v) is 13.4. The van der Waals surface area contributed by atoms with Gasteiger partial charge in [0.2, 0.25) is 6.10 Å². The lowest BCUT2D eigenvalue weighted by Gasteiger charge is -2.17. The molecule has 0 saturated heterocycles. The first-order valence-corrected chi connectivity index (χ1v) is 7.55. The van der Waals surface area contributed by atoms with Gasteiger partial charge in [-0.3, -0.25) is 14.9 Å². The van der Waals surface area contributed by atoms with Crippen LogP contribution in [0.3, 0.4) is 0 Å². The fraction of sp³-hybridized carbons (Fsp3) is 0.176. The first-order valence-electron chi connectivity index (χ1n) is 7.55. The van der Waals surface area contributed by atoms with Crippen LogP contribution in [0.4, 0.5) is 4.79 Å². The highest BCUT2D eigenvalue weighted by atomic mass is 16.5. The number of aromatic amines is 1. The number of benzene rings is 1. The van der Waals surface area contributed by atoms with E-state index in [-0.39, 0.29) is 5.56 Å². The standard InChI is InChI=1S/C17H17N3O5/c1-2-18-17(24)20-15(22)13(11-7-4-3-5-8-11)25-16(23)12-9-6-10-19-14(12)21/h3-10,13H,2H2,1H3,(H,19,21)(H2,18,20,22,24)/t13-/m0/s1. The van der Waals surface area contributed by atoms with E-state index in [1.807, 2.05) is 0 Å². The summed E-state index contributed by atoms with van der Waals surface area (Å²) < 4.78 is 5.19. The van der Waals surface area contributed by atoms with Crippen molar-refractivity contribution in [2.24, 2.45) is 0 Å². The van der Waals surface area contributed by atoms with E-state index < -0.39 is 29.6 Å². The lowest BCUT2D eigenvalue weighted by Crippen LogP contribution is -2.42. The number of imide groups is 1. The number of esters is 1. The Hall–Kier alpha value is -3.42. The van der Waals surface area contributed by atoms with Gasteiger partial charge in [0.25, 0.3) is 11.5 Å². The van der Waals surface area contributed by atoms with Crippen LogP contribution in [0.2, 0.25) is 0 Å². The van der Waals surface area contributed by atoms with Gasteiger partial charge in [0.15, 0.2) is 0 Å². The molecular weight excluding hydrogens is 326 g/mol. The quantitative estimate of drug-likeness (QED) is 0.703. The van der Waals surface area contributed by atoms with Crippen molar-refractivity contribution >= 4 is 17.9 Å². The van der Waals surface area contributed by atoms with Crippen LogP contribution in [-0.2, 0) is 9.53 Å². The van der Waals surface area contributed by atoms with Crippen molar-refractivity contribution in [3.63, 3.8) is 0 Å². The molecule has 1 aromatic carbocycles. The number of rotatable bonds is 5. The number of hydrogen-bond donors (Lipinski definition) is 3. The van der Waals surface area contributed by atoms with Crippen LogP contribution in [0.1, 0.15) is 28.9 Å². The molecule has 1 atom stereocenters. The Morgan fingerprint density at radius 2 is 1.84 bits per heavy atom. The van der Waals surface area contributed by atoms with Gasteiger partial charge in [-0.15, -0.1) is 0 Å². The predicted octanol–water partition coefficient (Wildman–Crippen LogP) is 1.12. The maximum absolute atomic E-state index is 12.3. The minimum atomic E-state index is -1.38. The van der Waals surface area contributed by atoms with E-state index in [1.54, 1.807) is 37.3 Å². The Labute approximate surface area is 143 Å². The normalized spacial score (nSPS) is 11.2. The molecule has 3 amide bonds. The van der Waals surface area contributed by atoms with Crippen molar-refractivity contribution in [3.8, 4) is 0 Å². The predicted molar refractivity (Wildman–Crippen MR) is 88.9 cm³/mol. The molecule has 2 aromatic rings. The Morgan fingerprint density at radius 3 is 2.48 bits per heavy atom. The summed E-state index contributed by atoms with van der Waals surface area (Å²) in [5.74, 6) is -1.79. The van der Waals surface area contributed by atoms with E-state index in [2.05, 4.69) is 15.6 Å². The number of ether oxygens (including phenoxy) is 1. The number of aromatic nitrogens is 1. The summed E-state index contributed by atoms with van der Waals surface area (Å²) in [4.78, 5) is 50.2. The third-order valence-corrected chi connectivity index (χ3v) is 3.18. The summed E-state index contributed by atoms with van der Waals surface area (Å²) in [6.45, 7) is 2.02. The molecule has 8 nitrogen and oxygen atoms in total. The highest BCUT2D eigenvalue weighted by Crippen LogP contribution is 2.19. The number of carbonyl (C=O) groups excluding carboxylic acids is 3. The monoisotopic (exact) mass is 343 g/mol. The zero-order valence-electron chi connectivity index (χ0n) is 13.4. The molecule has 25 heavy (non-hydrogen) atoms. The third-order valence-electron chi connectivity index (χ3n) is 3.18. The fourth-order valence-corrected chi connectivity index (χ4v) is 2.04. The largest absolute Gasteiger partial charge is 0.444 e. The Balaban J connectivity index is 2.25. The lowest BCUT2D eigenvalue weighted by atomic mass is 10.1. The van der Waals surface area contributed by atoms with E-state index in [0.717, 1.165) is 0 Å². The van der Waals surface area contributed by atoms with Crippen molar-refractivity contribution in [1.29, 1.82) is 0 Å². The molecule has 2 rings (SSSR count). The van der Waals surface area contributed by atoms with Gasteiger partial charge in [0.05, 0.1) is 0 Å². The van der Waals surface area contributed by atoms with E-state index >= 15 is 0 Å². The zero-order chi connectivity index (χ0) is 18.2. The van der Waals surface area contributed by atoms with Gasteiger partial charge < -0.3 is 15.0 Å². The number of amides is 3. The molecule has 1 heterocycles. The van der Waals surface area contributed by atoms with Crippen LogP contribution in [0, 0.1) is 0 Å². The van der Waals surface area contributed by atoms with Crippen LogP contribution >= 0.6 is 0 Å². The highest BCUT2D eigenvalue weighted by Gasteiger charge is 2.27. The van der Waals surface area contributed by atoms with Gasteiger partial charge in [0, 0.05) is 18.3 Å². The van der Waals surface area contributed by atoms with Crippen LogP contribution in [0.15, 0.2) is 53.5 Å². The van der Waals surface area contributed by atoms with E-state index in [0.29, 0.717) is 12.1 Å². The molecule has 0 spiro atoms. The molecule has 0 saturated carbocycles. The number of carbonyl (C=O) groups is 3. The second kappa shape index (κ2) is 8.44. The lowest BCUT2D eigenvalue weighted by molar-refractivity contribution is -0.129. The second-order valence-electron chi connectivity index (χ2n) is 4.96. The molecule has 0 fully saturated rings. The molecule has 0 unspecified atom stereocenters. The first kappa shape index (κ1) is 17.9. The minimum absolute atomic E-state index is 0.241. The average Bonchev–Trinajstić information content (AvgIpc) is 2.60.